The van der Waals surface area contributed by atoms with E-state index < -0.39 is 11.4 Å². The minimum Gasteiger partial charge on any atom is -0.452 e. The van der Waals surface area contributed by atoms with Crippen molar-refractivity contribution in [3.8, 4) is 17.1 Å². The number of halogens is 1. The molecular weight excluding hydrogens is 304 g/mol. The van der Waals surface area contributed by atoms with Crippen molar-refractivity contribution in [3.05, 3.63) is 63.8 Å². The minimum absolute atomic E-state index is 0.131. The Bertz CT molecular complexity index is 913. The van der Waals surface area contributed by atoms with E-state index in [-0.39, 0.29) is 16.9 Å². The summed E-state index contributed by atoms with van der Waals surface area (Å²) in [5.74, 6) is -0.505. The second kappa shape index (κ2) is 5.66. The van der Waals surface area contributed by atoms with E-state index in [1.807, 2.05) is 6.07 Å². The molecule has 0 atom stereocenters. The average Bonchev–Trinajstić information content (AvgIpc) is 2.51. The molecule has 22 heavy (non-hydrogen) atoms. The number of benzene rings is 2. The van der Waals surface area contributed by atoms with Gasteiger partial charge in [0.15, 0.2) is 5.76 Å². The Labute approximate surface area is 130 Å². The van der Waals surface area contributed by atoms with Crippen LogP contribution in [0.2, 0.25) is 5.02 Å². The molecule has 0 spiro atoms. The average molecular weight is 315 g/mol. The summed E-state index contributed by atoms with van der Waals surface area (Å²) in [7, 11) is 0. The summed E-state index contributed by atoms with van der Waals surface area (Å²) in [6.07, 6.45) is 0. The second-order valence-corrected chi connectivity index (χ2v) is 5.13. The fourth-order valence-corrected chi connectivity index (χ4v) is 2.34. The largest absolute Gasteiger partial charge is 0.452 e. The first kappa shape index (κ1) is 14.4. The molecule has 4 nitrogen and oxygen atoms in total. The third-order valence-corrected chi connectivity index (χ3v) is 3.33. The number of fused-ring (bicyclic) bond motifs is 1. The van der Waals surface area contributed by atoms with Crippen molar-refractivity contribution in [1.29, 1.82) is 0 Å². The Morgan fingerprint density at radius 1 is 1.14 bits per heavy atom. The van der Waals surface area contributed by atoms with E-state index >= 15 is 0 Å². The van der Waals surface area contributed by atoms with Gasteiger partial charge in [0.2, 0.25) is 11.2 Å². The number of carbonyl (C=O) groups is 1. The quantitative estimate of drug-likeness (QED) is 0.670. The maximum atomic E-state index is 12.6. The molecule has 0 saturated heterocycles. The predicted octanol–water partition coefficient (Wildman–Crippen LogP) is 4.04. The Balaban J connectivity index is 2.37. The van der Waals surface area contributed by atoms with Crippen molar-refractivity contribution in [3.63, 3.8) is 0 Å². The number of esters is 1. The smallest absolute Gasteiger partial charge is 0.308 e. The molecule has 0 saturated carbocycles. The molecule has 3 rings (SSSR count). The summed E-state index contributed by atoms with van der Waals surface area (Å²) in [4.78, 5) is 23.9. The van der Waals surface area contributed by atoms with Crippen LogP contribution in [0.4, 0.5) is 0 Å². The highest BCUT2D eigenvalue weighted by atomic mass is 35.5. The molecule has 3 aromatic rings. The molecule has 0 bridgehead atoms. The predicted molar refractivity (Wildman–Crippen MR) is 84.2 cm³/mol. The fourth-order valence-electron chi connectivity index (χ4n) is 2.17. The summed E-state index contributed by atoms with van der Waals surface area (Å²) >= 11 is 5.92. The van der Waals surface area contributed by atoms with Crippen LogP contribution < -0.4 is 10.2 Å². The molecule has 1 aromatic heterocycles. The third kappa shape index (κ3) is 2.61. The van der Waals surface area contributed by atoms with E-state index in [1.165, 1.54) is 13.0 Å². The van der Waals surface area contributed by atoms with Crippen LogP contribution in [0.15, 0.2) is 57.7 Å². The molecular formula is C17H11ClO4. The van der Waals surface area contributed by atoms with Crippen LogP contribution in [0.1, 0.15) is 6.92 Å². The maximum absolute atomic E-state index is 12.6. The summed E-state index contributed by atoms with van der Waals surface area (Å²) in [6, 6.07) is 13.7. The first-order valence-electron chi connectivity index (χ1n) is 6.56. The van der Waals surface area contributed by atoms with Crippen molar-refractivity contribution in [2.45, 2.75) is 6.92 Å². The van der Waals surface area contributed by atoms with E-state index in [4.69, 9.17) is 20.8 Å². The maximum Gasteiger partial charge on any atom is 0.308 e. The number of hydrogen-bond donors (Lipinski definition) is 0. The van der Waals surface area contributed by atoms with Gasteiger partial charge in [-0.2, -0.15) is 0 Å². The zero-order chi connectivity index (χ0) is 15.7. The molecule has 0 amide bonds. The zero-order valence-electron chi connectivity index (χ0n) is 11.6. The summed E-state index contributed by atoms with van der Waals surface area (Å²) in [5.41, 5.74) is 0.592. The Kier molecular flexibility index (Phi) is 3.69. The van der Waals surface area contributed by atoms with E-state index in [0.29, 0.717) is 16.2 Å². The van der Waals surface area contributed by atoms with Crippen LogP contribution in [0, 0.1) is 0 Å². The molecule has 0 unspecified atom stereocenters. The number of rotatable bonds is 2. The lowest BCUT2D eigenvalue weighted by molar-refractivity contribution is -0.131. The second-order valence-electron chi connectivity index (χ2n) is 4.69. The third-order valence-electron chi connectivity index (χ3n) is 3.09. The summed E-state index contributed by atoms with van der Waals surface area (Å²) < 4.78 is 10.9. The highest BCUT2D eigenvalue weighted by Crippen LogP contribution is 2.31. The van der Waals surface area contributed by atoms with Gasteiger partial charge in [-0.1, -0.05) is 41.9 Å². The van der Waals surface area contributed by atoms with Gasteiger partial charge in [-0.15, -0.1) is 0 Å². The van der Waals surface area contributed by atoms with Gasteiger partial charge in [0.1, 0.15) is 5.58 Å². The Morgan fingerprint density at radius 2 is 1.86 bits per heavy atom. The molecule has 0 fully saturated rings. The van der Waals surface area contributed by atoms with Gasteiger partial charge in [0.25, 0.3) is 0 Å². The summed E-state index contributed by atoms with van der Waals surface area (Å²) in [5, 5.41) is 0.671. The van der Waals surface area contributed by atoms with E-state index in [0.717, 1.165) is 0 Å². The molecule has 5 heteroatoms. The monoisotopic (exact) mass is 314 g/mol. The van der Waals surface area contributed by atoms with Crippen LogP contribution in [0.25, 0.3) is 22.3 Å². The molecule has 110 valence electrons. The molecule has 0 aliphatic carbocycles. The first-order chi connectivity index (χ1) is 10.6. The van der Waals surface area contributed by atoms with E-state index in [1.54, 1.807) is 36.4 Å². The van der Waals surface area contributed by atoms with Gasteiger partial charge in [0, 0.05) is 17.5 Å². The van der Waals surface area contributed by atoms with Gasteiger partial charge in [-0.05, 0) is 18.2 Å². The van der Waals surface area contributed by atoms with E-state index in [2.05, 4.69) is 0 Å². The van der Waals surface area contributed by atoms with Crippen LogP contribution in [-0.4, -0.2) is 5.97 Å². The highest BCUT2D eigenvalue weighted by Gasteiger charge is 2.19. The molecule has 0 radical (unpaired) electrons. The topological polar surface area (TPSA) is 56.5 Å². The van der Waals surface area contributed by atoms with Gasteiger partial charge in [-0.25, -0.2) is 0 Å². The van der Waals surface area contributed by atoms with Gasteiger partial charge < -0.3 is 9.15 Å². The normalized spacial score (nSPS) is 10.6. The molecule has 0 N–H and O–H groups in total. The van der Waals surface area contributed by atoms with Crippen LogP contribution in [-0.2, 0) is 4.79 Å². The van der Waals surface area contributed by atoms with E-state index in [9.17, 15) is 9.59 Å². The summed E-state index contributed by atoms with van der Waals surface area (Å²) in [6.45, 7) is 1.23. The Morgan fingerprint density at radius 3 is 2.55 bits per heavy atom. The highest BCUT2D eigenvalue weighted by molar-refractivity contribution is 6.31. The standard InChI is InChI=1S/C17H11ClO4/c1-10(19)21-17-15(20)13-9-12(18)7-8-14(13)22-16(17)11-5-3-2-4-6-11/h2-9H,1H3. The minimum atomic E-state index is -0.592. The van der Waals surface area contributed by atoms with Crippen molar-refractivity contribution >= 4 is 28.5 Å². The van der Waals surface area contributed by atoms with Crippen molar-refractivity contribution in [2.24, 2.45) is 0 Å². The lowest BCUT2D eigenvalue weighted by Crippen LogP contribution is -2.13. The zero-order valence-corrected chi connectivity index (χ0v) is 12.4. The number of hydrogen-bond acceptors (Lipinski definition) is 4. The molecule has 1 heterocycles. The van der Waals surface area contributed by atoms with Gasteiger partial charge in [-0.3, -0.25) is 9.59 Å². The SMILES string of the molecule is CC(=O)Oc1c(-c2ccccc2)oc2ccc(Cl)cc2c1=O. The lowest BCUT2D eigenvalue weighted by atomic mass is 10.1. The van der Waals surface area contributed by atoms with Crippen molar-refractivity contribution in [2.75, 3.05) is 0 Å². The van der Waals surface area contributed by atoms with Gasteiger partial charge in [0.05, 0.1) is 5.39 Å². The molecule has 2 aromatic carbocycles. The van der Waals surface area contributed by atoms with Crippen molar-refractivity contribution in [1.82, 2.24) is 0 Å². The fraction of sp³-hybridized carbons (Fsp3) is 0.0588. The molecule has 0 aliphatic heterocycles. The first-order valence-corrected chi connectivity index (χ1v) is 6.94. The lowest BCUT2D eigenvalue weighted by Gasteiger charge is -2.09. The number of carbonyl (C=O) groups excluding carboxylic acids is 1. The van der Waals surface area contributed by atoms with Crippen LogP contribution >= 0.6 is 11.6 Å². The Hall–Kier alpha value is -2.59. The van der Waals surface area contributed by atoms with Gasteiger partial charge >= 0.3 is 5.97 Å². The number of ether oxygens (including phenoxy) is 1. The van der Waals surface area contributed by atoms with Crippen LogP contribution in [0.3, 0.4) is 0 Å². The van der Waals surface area contributed by atoms with Crippen molar-refractivity contribution < 1.29 is 13.9 Å². The molecule has 0 aliphatic rings. The van der Waals surface area contributed by atoms with Crippen LogP contribution in [0.5, 0.6) is 5.75 Å².